The van der Waals surface area contributed by atoms with Gasteiger partial charge in [0.15, 0.2) is 18.4 Å². The molecule has 2 aliphatic rings. The molecule has 2 aliphatic heterocycles. The highest BCUT2D eigenvalue weighted by atomic mass is 16.6. The van der Waals surface area contributed by atoms with E-state index >= 15 is 0 Å². The van der Waals surface area contributed by atoms with Gasteiger partial charge in [0.25, 0.3) is 5.56 Å². The van der Waals surface area contributed by atoms with Crippen LogP contribution in [0.2, 0.25) is 0 Å². The number of nitrogens with zero attached hydrogens (tertiary/aromatic N) is 1. The van der Waals surface area contributed by atoms with Crippen molar-refractivity contribution in [1.29, 1.82) is 0 Å². The van der Waals surface area contributed by atoms with E-state index < -0.39 is 47.7 Å². The van der Waals surface area contributed by atoms with Gasteiger partial charge < -0.3 is 14.2 Å². The van der Waals surface area contributed by atoms with Gasteiger partial charge in [-0.05, 0) is 0 Å². The Bertz CT molecular complexity index is 749. The molecule has 1 saturated heterocycles. The molecule has 0 amide bonds. The second kappa shape index (κ2) is 5.09. The van der Waals surface area contributed by atoms with Crippen LogP contribution in [-0.4, -0.2) is 39.8 Å². The van der Waals surface area contributed by atoms with E-state index in [4.69, 9.17) is 14.2 Å². The summed E-state index contributed by atoms with van der Waals surface area (Å²) in [7, 11) is 0. The van der Waals surface area contributed by atoms with Gasteiger partial charge in [0.1, 0.15) is 6.10 Å². The molecule has 3 rings (SSSR count). The summed E-state index contributed by atoms with van der Waals surface area (Å²) in [5.41, 5.74) is -0.737. The maximum atomic E-state index is 12.0. The number of aromatic amines is 1. The van der Waals surface area contributed by atoms with Crippen LogP contribution in [0.1, 0.15) is 25.8 Å². The van der Waals surface area contributed by atoms with Crippen LogP contribution in [0.3, 0.4) is 0 Å². The Labute approximate surface area is 123 Å². The Balaban J connectivity index is 2.07. The molecular weight excluding hydrogens is 296 g/mol. The quantitative estimate of drug-likeness (QED) is 0.686. The summed E-state index contributed by atoms with van der Waals surface area (Å²) in [5.74, 6) is -1.14. The summed E-state index contributed by atoms with van der Waals surface area (Å²) in [6, 6.07) is 1.28. The van der Waals surface area contributed by atoms with Crippen LogP contribution < -0.4 is 11.2 Å². The smallest absolute Gasteiger partial charge is 0.330 e. The molecule has 118 valence electrons. The minimum atomic E-state index is -0.948. The van der Waals surface area contributed by atoms with Gasteiger partial charge in [-0.2, -0.15) is 0 Å². The second-order valence-electron chi connectivity index (χ2n) is 5.22. The molecule has 0 saturated carbocycles. The van der Waals surface area contributed by atoms with Gasteiger partial charge in [-0.25, -0.2) is 4.79 Å². The molecule has 2 bridgehead atoms. The third kappa shape index (κ3) is 2.33. The van der Waals surface area contributed by atoms with Crippen molar-refractivity contribution in [2.75, 3.05) is 0 Å². The van der Waals surface area contributed by atoms with Crippen LogP contribution in [0.5, 0.6) is 0 Å². The molecule has 9 nitrogen and oxygen atoms in total. The lowest BCUT2D eigenvalue weighted by Gasteiger charge is -2.25. The molecular formula is C13H14N2O7. The SMILES string of the molecule is CC(=O)O[C@@H]1[C@H](OC(C)=O)[C@H]2Cc3cc(=O)[nH]c(=O)n3[C@@H]1O2. The summed E-state index contributed by atoms with van der Waals surface area (Å²) in [5, 5.41) is 0. The number of carbonyl (C=O) groups is 2. The van der Waals surface area contributed by atoms with E-state index in [-0.39, 0.29) is 6.42 Å². The zero-order valence-electron chi connectivity index (χ0n) is 11.9. The van der Waals surface area contributed by atoms with Gasteiger partial charge in [0.2, 0.25) is 0 Å². The Kier molecular flexibility index (Phi) is 3.36. The van der Waals surface area contributed by atoms with E-state index in [0.29, 0.717) is 5.69 Å². The van der Waals surface area contributed by atoms with Gasteiger partial charge in [-0.1, -0.05) is 0 Å². The predicted molar refractivity (Wildman–Crippen MR) is 70.0 cm³/mol. The normalized spacial score (nSPS) is 28.8. The van der Waals surface area contributed by atoms with Crippen molar-refractivity contribution in [2.45, 2.75) is 44.8 Å². The molecule has 0 aromatic carbocycles. The van der Waals surface area contributed by atoms with Gasteiger partial charge in [-0.15, -0.1) is 0 Å². The first-order valence-electron chi connectivity index (χ1n) is 6.71. The van der Waals surface area contributed by atoms with Crippen molar-refractivity contribution >= 4 is 11.9 Å². The van der Waals surface area contributed by atoms with Gasteiger partial charge in [0.05, 0.1) is 0 Å². The fourth-order valence-electron chi connectivity index (χ4n) is 2.93. The van der Waals surface area contributed by atoms with E-state index in [1.165, 1.54) is 24.5 Å². The first kappa shape index (κ1) is 14.5. The van der Waals surface area contributed by atoms with E-state index in [1.807, 2.05) is 0 Å². The number of rotatable bonds is 2. The highest BCUT2D eigenvalue weighted by molar-refractivity contribution is 5.67. The minimum Gasteiger partial charge on any atom is -0.456 e. The summed E-state index contributed by atoms with van der Waals surface area (Å²) in [6.07, 6.45) is -3.10. The number of aromatic nitrogens is 2. The van der Waals surface area contributed by atoms with Gasteiger partial charge in [-0.3, -0.25) is 23.9 Å². The summed E-state index contributed by atoms with van der Waals surface area (Å²) in [6.45, 7) is 2.44. The fourth-order valence-corrected chi connectivity index (χ4v) is 2.93. The molecule has 1 fully saturated rings. The molecule has 9 heteroatoms. The number of esters is 2. The second-order valence-corrected chi connectivity index (χ2v) is 5.22. The maximum absolute atomic E-state index is 12.0. The Morgan fingerprint density at radius 2 is 1.86 bits per heavy atom. The van der Waals surface area contributed by atoms with Crippen LogP contribution in [0.25, 0.3) is 0 Å². The van der Waals surface area contributed by atoms with E-state index in [0.717, 1.165) is 0 Å². The minimum absolute atomic E-state index is 0.200. The van der Waals surface area contributed by atoms with Crippen molar-refractivity contribution in [2.24, 2.45) is 0 Å². The van der Waals surface area contributed by atoms with Crippen LogP contribution in [0.15, 0.2) is 15.7 Å². The van der Waals surface area contributed by atoms with Crippen LogP contribution in [0, 0.1) is 0 Å². The lowest BCUT2D eigenvalue weighted by atomic mass is 10.1. The first-order chi connectivity index (χ1) is 10.4. The lowest BCUT2D eigenvalue weighted by molar-refractivity contribution is -0.165. The number of H-pyrrole nitrogens is 1. The summed E-state index contributed by atoms with van der Waals surface area (Å²) in [4.78, 5) is 48.2. The molecule has 0 spiro atoms. The third-order valence-electron chi connectivity index (χ3n) is 3.61. The van der Waals surface area contributed by atoms with Crippen molar-refractivity contribution in [3.05, 3.63) is 32.6 Å². The number of carbonyl (C=O) groups excluding carboxylic acids is 2. The van der Waals surface area contributed by atoms with Crippen molar-refractivity contribution in [3.63, 3.8) is 0 Å². The highest BCUT2D eigenvalue weighted by Crippen LogP contribution is 2.38. The molecule has 3 heterocycles. The standard InChI is InChI=1S/C13H14N2O7/c1-5(16)20-10-8-3-7-4-9(18)14-13(19)15(7)12(22-8)11(10)21-6(2)17/h4,8,10-12H,3H2,1-2H3,(H,14,18,19)/t8-,10-,11-,12-/m1/s1. The average Bonchev–Trinajstić information content (AvgIpc) is 2.62. The van der Waals surface area contributed by atoms with Crippen LogP contribution >= 0.6 is 0 Å². The average molecular weight is 310 g/mol. The molecule has 1 aromatic heterocycles. The maximum Gasteiger partial charge on any atom is 0.330 e. The molecule has 0 aliphatic carbocycles. The summed E-state index contributed by atoms with van der Waals surface area (Å²) < 4.78 is 17.3. The molecule has 1 aromatic rings. The topological polar surface area (TPSA) is 117 Å². The largest absolute Gasteiger partial charge is 0.456 e. The fraction of sp³-hybridized carbons (Fsp3) is 0.538. The lowest BCUT2D eigenvalue weighted by Crippen LogP contribution is -2.41. The van der Waals surface area contributed by atoms with Crippen LogP contribution in [0.4, 0.5) is 0 Å². The predicted octanol–water partition coefficient (Wildman–Crippen LogP) is -1.15. The first-order valence-corrected chi connectivity index (χ1v) is 6.71. The van der Waals surface area contributed by atoms with Crippen molar-refractivity contribution < 1.29 is 23.8 Å². The van der Waals surface area contributed by atoms with Crippen molar-refractivity contribution in [1.82, 2.24) is 9.55 Å². The van der Waals surface area contributed by atoms with Gasteiger partial charge >= 0.3 is 17.6 Å². The van der Waals surface area contributed by atoms with Crippen molar-refractivity contribution in [3.8, 4) is 0 Å². The molecule has 0 unspecified atom stereocenters. The zero-order chi connectivity index (χ0) is 16.0. The Morgan fingerprint density at radius 1 is 1.23 bits per heavy atom. The van der Waals surface area contributed by atoms with E-state index in [2.05, 4.69) is 4.98 Å². The highest BCUT2D eigenvalue weighted by Gasteiger charge is 2.53. The Morgan fingerprint density at radius 3 is 2.50 bits per heavy atom. The van der Waals surface area contributed by atoms with Crippen LogP contribution in [-0.2, 0) is 30.2 Å². The number of fused-ring (bicyclic) bond motifs is 4. The number of hydrogen-bond donors (Lipinski definition) is 1. The molecule has 22 heavy (non-hydrogen) atoms. The third-order valence-corrected chi connectivity index (χ3v) is 3.61. The number of ether oxygens (including phenoxy) is 3. The monoisotopic (exact) mass is 310 g/mol. The van der Waals surface area contributed by atoms with E-state index in [1.54, 1.807) is 0 Å². The zero-order valence-corrected chi connectivity index (χ0v) is 11.9. The number of hydrogen-bond acceptors (Lipinski definition) is 7. The van der Waals surface area contributed by atoms with E-state index in [9.17, 15) is 19.2 Å². The number of nitrogens with one attached hydrogen (secondary N) is 1. The Hall–Kier alpha value is -2.42. The molecule has 4 atom stereocenters. The summed E-state index contributed by atoms with van der Waals surface area (Å²) >= 11 is 0. The molecule has 0 radical (unpaired) electrons. The van der Waals surface area contributed by atoms with Gasteiger partial charge in [0, 0.05) is 32.0 Å². The molecule has 1 N–H and O–H groups in total.